The molecular weight excluding hydrogens is 413 g/mol. The quantitative estimate of drug-likeness (QED) is 0.679. The van der Waals surface area contributed by atoms with Crippen molar-refractivity contribution in [2.45, 2.75) is 9.99 Å². The molecule has 0 bridgehead atoms. The zero-order chi connectivity index (χ0) is 18.0. The highest BCUT2D eigenvalue weighted by Crippen LogP contribution is 2.25. The second kappa shape index (κ2) is 6.81. The number of benzene rings is 2. The Morgan fingerprint density at radius 3 is 2.36 bits per heavy atom. The monoisotopic (exact) mass is 423 g/mol. The number of carbonyl (C=O) groups is 1. The van der Waals surface area contributed by atoms with Crippen LogP contribution >= 0.6 is 15.9 Å². The van der Waals surface area contributed by atoms with Crippen LogP contribution in [-0.2, 0) is 9.84 Å². The molecule has 128 valence electrons. The van der Waals surface area contributed by atoms with Gasteiger partial charge in [-0.05, 0) is 48.5 Å². The van der Waals surface area contributed by atoms with Crippen LogP contribution in [0.4, 0.5) is 10.1 Å². The molecule has 0 atom stereocenters. The Morgan fingerprint density at radius 1 is 1.00 bits per heavy atom. The number of amides is 1. The number of hydrogen-bond acceptors (Lipinski definition) is 4. The number of halogens is 2. The smallest absolute Gasteiger partial charge is 0.291 e. The molecule has 0 fully saturated rings. The molecule has 25 heavy (non-hydrogen) atoms. The van der Waals surface area contributed by atoms with Crippen LogP contribution in [-0.4, -0.2) is 14.3 Å². The zero-order valence-corrected chi connectivity index (χ0v) is 15.0. The van der Waals surface area contributed by atoms with Crippen LogP contribution in [0.2, 0.25) is 0 Å². The molecule has 1 aromatic heterocycles. The number of carbonyl (C=O) groups excluding carboxylic acids is 1. The Labute approximate surface area is 151 Å². The minimum atomic E-state index is -3.89. The van der Waals surface area contributed by atoms with Gasteiger partial charge in [0.15, 0.2) is 5.76 Å². The van der Waals surface area contributed by atoms with Crippen molar-refractivity contribution >= 4 is 37.4 Å². The normalized spacial score (nSPS) is 11.3. The molecule has 8 heteroatoms. The van der Waals surface area contributed by atoms with Gasteiger partial charge in [0, 0.05) is 4.47 Å². The van der Waals surface area contributed by atoms with E-state index in [9.17, 15) is 17.6 Å². The molecule has 3 rings (SSSR count). The highest BCUT2D eigenvalue weighted by atomic mass is 79.9. The summed E-state index contributed by atoms with van der Waals surface area (Å²) in [6.07, 6.45) is 0. The predicted octanol–water partition coefficient (Wildman–Crippen LogP) is 4.27. The molecule has 5 nitrogen and oxygen atoms in total. The van der Waals surface area contributed by atoms with Crippen molar-refractivity contribution in [1.82, 2.24) is 0 Å². The molecule has 0 spiro atoms. The Morgan fingerprint density at radius 2 is 1.68 bits per heavy atom. The summed E-state index contributed by atoms with van der Waals surface area (Å²) < 4.78 is 44.5. The first-order chi connectivity index (χ1) is 11.9. The van der Waals surface area contributed by atoms with Gasteiger partial charge < -0.3 is 9.73 Å². The first-order valence-electron chi connectivity index (χ1n) is 7.04. The van der Waals surface area contributed by atoms with Crippen LogP contribution in [0.1, 0.15) is 10.6 Å². The fourth-order valence-electron chi connectivity index (χ4n) is 2.06. The van der Waals surface area contributed by atoms with Gasteiger partial charge in [-0.15, -0.1) is 0 Å². The largest absolute Gasteiger partial charge is 0.439 e. The number of rotatable bonds is 4. The summed E-state index contributed by atoms with van der Waals surface area (Å²) in [7, 11) is -3.89. The Hall–Kier alpha value is -2.45. The topological polar surface area (TPSA) is 76.4 Å². The molecule has 1 amide bonds. The molecule has 0 saturated heterocycles. The van der Waals surface area contributed by atoms with Crippen molar-refractivity contribution < 1.29 is 22.0 Å². The van der Waals surface area contributed by atoms with E-state index in [4.69, 9.17) is 4.42 Å². The second-order valence-electron chi connectivity index (χ2n) is 5.01. The van der Waals surface area contributed by atoms with Crippen molar-refractivity contribution in [3.63, 3.8) is 0 Å². The molecule has 3 aromatic rings. The lowest BCUT2D eigenvalue weighted by Gasteiger charge is -2.04. The van der Waals surface area contributed by atoms with Crippen molar-refractivity contribution in [3.05, 3.63) is 76.7 Å². The maximum Gasteiger partial charge on any atom is 0.291 e. The standard InChI is InChI=1S/C17H11BrFNO4S/c18-11-5-7-12(8-6-11)25(22,23)16-10-9-15(24-16)17(21)20-14-4-2-1-3-13(14)19/h1-10H,(H,20,21). The maximum atomic E-state index is 13.6. The molecular formula is C17H11BrFNO4S. The maximum absolute atomic E-state index is 13.6. The molecule has 0 radical (unpaired) electrons. The van der Waals surface area contributed by atoms with Gasteiger partial charge in [0.1, 0.15) is 5.82 Å². The van der Waals surface area contributed by atoms with E-state index < -0.39 is 21.6 Å². The van der Waals surface area contributed by atoms with E-state index in [1.165, 1.54) is 42.5 Å². The van der Waals surface area contributed by atoms with E-state index in [-0.39, 0.29) is 21.4 Å². The first-order valence-corrected chi connectivity index (χ1v) is 9.32. The Balaban J connectivity index is 1.85. The van der Waals surface area contributed by atoms with Crippen LogP contribution in [0.25, 0.3) is 0 Å². The summed E-state index contributed by atoms with van der Waals surface area (Å²) in [6.45, 7) is 0. The summed E-state index contributed by atoms with van der Waals surface area (Å²) in [4.78, 5) is 12.1. The summed E-state index contributed by atoms with van der Waals surface area (Å²) in [5.74, 6) is -1.59. The Bertz CT molecular complexity index is 1030. The predicted molar refractivity (Wildman–Crippen MR) is 92.7 cm³/mol. The average Bonchev–Trinajstić information content (AvgIpc) is 3.08. The third kappa shape index (κ3) is 3.64. The SMILES string of the molecule is O=C(Nc1ccccc1F)c1ccc(S(=O)(=O)c2ccc(Br)cc2)o1. The van der Waals surface area contributed by atoms with E-state index in [2.05, 4.69) is 21.2 Å². The minimum Gasteiger partial charge on any atom is -0.439 e. The van der Waals surface area contributed by atoms with Crippen LogP contribution < -0.4 is 5.32 Å². The molecule has 0 aliphatic heterocycles. The number of anilines is 1. The third-order valence-corrected chi connectivity index (χ3v) is 5.49. The molecule has 0 aliphatic rings. The lowest BCUT2D eigenvalue weighted by Crippen LogP contribution is -2.12. The van der Waals surface area contributed by atoms with E-state index in [1.807, 2.05) is 0 Å². The van der Waals surface area contributed by atoms with Crippen LogP contribution in [0.5, 0.6) is 0 Å². The number of para-hydroxylation sites is 1. The Kier molecular flexibility index (Phi) is 4.73. The van der Waals surface area contributed by atoms with Gasteiger partial charge in [-0.25, -0.2) is 12.8 Å². The fraction of sp³-hybridized carbons (Fsp3) is 0. The van der Waals surface area contributed by atoms with E-state index in [1.54, 1.807) is 18.2 Å². The van der Waals surface area contributed by atoms with Gasteiger partial charge >= 0.3 is 0 Å². The molecule has 1 heterocycles. The molecule has 1 N–H and O–H groups in total. The zero-order valence-electron chi connectivity index (χ0n) is 12.6. The lowest BCUT2D eigenvalue weighted by molar-refractivity contribution is 0.0991. The highest BCUT2D eigenvalue weighted by Gasteiger charge is 2.23. The van der Waals surface area contributed by atoms with Gasteiger partial charge in [-0.2, -0.15) is 0 Å². The van der Waals surface area contributed by atoms with E-state index in [0.717, 1.165) is 4.47 Å². The molecule has 0 unspecified atom stereocenters. The van der Waals surface area contributed by atoms with E-state index in [0.29, 0.717) is 0 Å². The summed E-state index contributed by atoms with van der Waals surface area (Å²) in [5.41, 5.74) is -0.0267. The van der Waals surface area contributed by atoms with Crippen molar-refractivity contribution in [3.8, 4) is 0 Å². The van der Waals surface area contributed by atoms with E-state index >= 15 is 0 Å². The van der Waals surface area contributed by atoms with Crippen molar-refractivity contribution in [2.75, 3.05) is 5.32 Å². The van der Waals surface area contributed by atoms with Gasteiger partial charge in [-0.1, -0.05) is 28.1 Å². The number of furan rings is 1. The van der Waals surface area contributed by atoms with Crippen LogP contribution in [0.15, 0.2) is 79.5 Å². The van der Waals surface area contributed by atoms with Crippen LogP contribution in [0, 0.1) is 5.82 Å². The van der Waals surface area contributed by atoms with Gasteiger partial charge in [0.05, 0.1) is 10.6 Å². The lowest BCUT2D eigenvalue weighted by atomic mass is 10.3. The molecule has 0 saturated carbocycles. The van der Waals surface area contributed by atoms with Gasteiger partial charge in [0.2, 0.25) is 14.9 Å². The fourth-order valence-corrected chi connectivity index (χ4v) is 3.50. The number of sulfone groups is 1. The van der Waals surface area contributed by atoms with Crippen LogP contribution in [0.3, 0.4) is 0 Å². The average molecular weight is 424 g/mol. The summed E-state index contributed by atoms with van der Waals surface area (Å²) in [6, 6.07) is 14.0. The van der Waals surface area contributed by atoms with Crippen molar-refractivity contribution in [2.24, 2.45) is 0 Å². The summed E-state index contributed by atoms with van der Waals surface area (Å²) in [5, 5.41) is 1.96. The highest BCUT2D eigenvalue weighted by molar-refractivity contribution is 9.10. The second-order valence-corrected chi connectivity index (χ2v) is 7.81. The van der Waals surface area contributed by atoms with Gasteiger partial charge in [-0.3, -0.25) is 4.79 Å². The van der Waals surface area contributed by atoms with Gasteiger partial charge in [0.25, 0.3) is 5.91 Å². The first kappa shape index (κ1) is 17.4. The summed E-state index contributed by atoms with van der Waals surface area (Å²) >= 11 is 3.23. The third-order valence-electron chi connectivity index (χ3n) is 3.32. The molecule has 2 aromatic carbocycles. The molecule has 0 aliphatic carbocycles. The van der Waals surface area contributed by atoms with Crippen molar-refractivity contribution in [1.29, 1.82) is 0 Å². The number of hydrogen-bond donors (Lipinski definition) is 1. The number of nitrogens with one attached hydrogen (secondary N) is 1. The minimum absolute atomic E-state index is 0.0267.